The van der Waals surface area contributed by atoms with Gasteiger partial charge in [0.15, 0.2) is 0 Å². The summed E-state index contributed by atoms with van der Waals surface area (Å²) in [6, 6.07) is -0.0233. The standard InChI is InChI=1S/C11H20N2O2/c1-8-3-4-12-9(5-8)10(14)13-6-11(2,15)7-13/h8-9,12,15H,3-7H2,1-2H3. The van der Waals surface area contributed by atoms with Gasteiger partial charge in [-0.3, -0.25) is 4.79 Å². The van der Waals surface area contributed by atoms with Crippen molar-refractivity contribution in [2.75, 3.05) is 19.6 Å². The highest BCUT2D eigenvalue weighted by molar-refractivity contribution is 5.83. The highest BCUT2D eigenvalue weighted by Gasteiger charge is 2.41. The van der Waals surface area contributed by atoms with E-state index in [9.17, 15) is 9.90 Å². The van der Waals surface area contributed by atoms with Gasteiger partial charge in [-0.1, -0.05) is 6.92 Å². The Hall–Kier alpha value is -0.610. The molecule has 0 spiro atoms. The highest BCUT2D eigenvalue weighted by atomic mass is 16.3. The van der Waals surface area contributed by atoms with Gasteiger partial charge in [0.2, 0.25) is 5.91 Å². The highest BCUT2D eigenvalue weighted by Crippen LogP contribution is 2.23. The molecular weight excluding hydrogens is 192 g/mol. The van der Waals surface area contributed by atoms with Crippen LogP contribution in [0.5, 0.6) is 0 Å². The SMILES string of the molecule is CC1CCNC(C(=O)N2CC(C)(O)C2)C1. The van der Waals surface area contributed by atoms with Crippen molar-refractivity contribution in [1.29, 1.82) is 0 Å². The minimum atomic E-state index is -0.657. The van der Waals surface area contributed by atoms with E-state index in [1.807, 2.05) is 0 Å². The van der Waals surface area contributed by atoms with E-state index in [-0.39, 0.29) is 11.9 Å². The van der Waals surface area contributed by atoms with E-state index in [1.54, 1.807) is 11.8 Å². The molecule has 2 rings (SSSR count). The number of nitrogens with zero attached hydrogens (tertiary/aromatic N) is 1. The van der Waals surface area contributed by atoms with Crippen molar-refractivity contribution in [3.05, 3.63) is 0 Å². The Labute approximate surface area is 90.6 Å². The van der Waals surface area contributed by atoms with E-state index in [1.165, 1.54) is 0 Å². The summed E-state index contributed by atoms with van der Waals surface area (Å²) in [7, 11) is 0. The predicted molar refractivity (Wildman–Crippen MR) is 57.4 cm³/mol. The Bertz CT molecular complexity index is 257. The number of piperidine rings is 1. The lowest BCUT2D eigenvalue weighted by molar-refractivity contribution is -0.155. The van der Waals surface area contributed by atoms with Crippen LogP contribution in [0.15, 0.2) is 0 Å². The van der Waals surface area contributed by atoms with Crippen molar-refractivity contribution >= 4 is 5.91 Å². The average Bonchev–Trinajstić information content (AvgIpc) is 2.13. The van der Waals surface area contributed by atoms with Crippen molar-refractivity contribution in [3.8, 4) is 0 Å². The second-order valence-electron chi connectivity index (χ2n) is 5.33. The molecule has 2 heterocycles. The lowest BCUT2D eigenvalue weighted by atomic mass is 9.90. The van der Waals surface area contributed by atoms with E-state index < -0.39 is 5.60 Å². The first-order valence-electron chi connectivity index (χ1n) is 5.72. The second kappa shape index (κ2) is 3.76. The van der Waals surface area contributed by atoms with Crippen LogP contribution in [0.3, 0.4) is 0 Å². The van der Waals surface area contributed by atoms with Gasteiger partial charge in [0, 0.05) is 0 Å². The summed E-state index contributed by atoms with van der Waals surface area (Å²) in [4.78, 5) is 13.7. The first-order valence-corrected chi connectivity index (χ1v) is 5.72. The van der Waals surface area contributed by atoms with Gasteiger partial charge in [-0.2, -0.15) is 0 Å². The smallest absolute Gasteiger partial charge is 0.239 e. The molecule has 1 amide bonds. The quantitative estimate of drug-likeness (QED) is 0.641. The summed E-state index contributed by atoms with van der Waals surface area (Å²) < 4.78 is 0. The van der Waals surface area contributed by atoms with E-state index >= 15 is 0 Å². The Morgan fingerprint density at radius 1 is 1.53 bits per heavy atom. The number of rotatable bonds is 1. The van der Waals surface area contributed by atoms with Gasteiger partial charge < -0.3 is 15.3 Å². The first kappa shape index (κ1) is 10.9. The Morgan fingerprint density at radius 3 is 2.73 bits per heavy atom. The Kier molecular flexibility index (Phi) is 2.73. The molecule has 2 unspecified atom stereocenters. The van der Waals surface area contributed by atoms with Crippen LogP contribution in [0, 0.1) is 5.92 Å². The number of amides is 1. The monoisotopic (exact) mass is 212 g/mol. The van der Waals surface area contributed by atoms with Gasteiger partial charge in [-0.05, 0) is 32.2 Å². The molecule has 2 aliphatic heterocycles. The molecule has 4 heteroatoms. The maximum Gasteiger partial charge on any atom is 0.239 e. The molecule has 0 radical (unpaired) electrons. The summed E-state index contributed by atoms with van der Waals surface area (Å²) in [5.41, 5.74) is -0.657. The molecule has 2 atom stereocenters. The number of hydrogen-bond donors (Lipinski definition) is 2. The van der Waals surface area contributed by atoms with E-state index in [0.717, 1.165) is 19.4 Å². The van der Waals surface area contributed by atoms with Crippen LogP contribution in [0.25, 0.3) is 0 Å². The number of hydrogen-bond acceptors (Lipinski definition) is 3. The summed E-state index contributed by atoms with van der Waals surface area (Å²) in [6.45, 7) is 5.86. The second-order valence-corrected chi connectivity index (χ2v) is 5.33. The van der Waals surface area contributed by atoms with E-state index in [4.69, 9.17) is 0 Å². The number of carbonyl (C=O) groups excluding carboxylic acids is 1. The van der Waals surface area contributed by atoms with Gasteiger partial charge in [-0.15, -0.1) is 0 Å². The third kappa shape index (κ3) is 2.32. The fourth-order valence-corrected chi connectivity index (χ4v) is 2.45. The molecule has 2 fully saturated rings. The number of carbonyl (C=O) groups is 1. The molecule has 0 aromatic carbocycles. The van der Waals surface area contributed by atoms with E-state index in [2.05, 4.69) is 12.2 Å². The van der Waals surface area contributed by atoms with Crippen molar-refractivity contribution < 1.29 is 9.90 Å². The van der Waals surface area contributed by atoms with Gasteiger partial charge in [0.25, 0.3) is 0 Å². The zero-order valence-corrected chi connectivity index (χ0v) is 9.49. The number of nitrogens with one attached hydrogen (secondary N) is 1. The van der Waals surface area contributed by atoms with Crippen LogP contribution >= 0.6 is 0 Å². The molecule has 2 aliphatic rings. The van der Waals surface area contributed by atoms with Gasteiger partial charge in [-0.25, -0.2) is 0 Å². The zero-order valence-electron chi connectivity index (χ0n) is 9.49. The normalized spacial score (nSPS) is 34.7. The summed E-state index contributed by atoms with van der Waals surface area (Å²) in [5, 5.41) is 12.8. The molecular formula is C11H20N2O2. The predicted octanol–water partition coefficient (Wildman–Crippen LogP) is -0.0323. The largest absolute Gasteiger partial charge is 0.386 e. The van der Waals surface area contributed by atoms with Crippen LogP contribution in [0.4, 0.5) is 0 Å². The van der Waals surface area contributed by atoms with Crippen LogP contribution < -0.4 is 5.32 Å². The van der Waals surface area contributed by atoms with Gasteiger partial charge in [0.1, 0.15) is 0 Å². The molecule has 2 saturated heterocycles. The maximum absolute atomic E-state index is 12.0. The van der Waals surface area contributed by atoms with Crippen molar-refractivity contribution in [1.82, 2.24) is 10.2 Å². The molecule has 86 valence electrons. The first-order chi connectivity index (χ1) is 6.98. The zero-order chi connectivity index (χ0) is 11.1. The molecule has 15 heavy (non-hydrogen) atoms. The maximum atomic E-state index is 12.0. The van der Waals surface area contributed by atoms with Crippen LogP contribution in [-0.2, 0) is 4.79 Å². The van der Waals surface area contributed by atoms with Gasteiger partial charge >= 0.3 is 0 Å². The average molecular weight is 212 g/mol. The number of β-amino-alcohol motifs (C(OH)–C–C–N with tert-alkyl or cyclic N) is 1. The summed E-state index contributed by atoms with van der Waals surface area (Å²) in [5.74, 6) is 0.787. The van der Waals surface area contributed by atoms with Crippen LogP contribution in [0.2, 0.25) is 0 Å². The van der Waals surface area contributed by atoms with Crippen LogP contribution in [0.1, 0.15) is 26.7 Å². The molecule has 0 aromatic heterocycles. The lowest BCUT2D eigenvalue weighted by Crippen LogP contribution is -2.65. The third-order valence-corrected chi connectivity index (χ3v) is 3.34. The van der Waals surface area contributed by atoms with Crippen LogP contribution in [-0.4, -0.2) is 47.2 Å². The number of likely N-dealkylation sites (tertiary alicyclic amines) is 1. The summed E-state index contributed by atoms with van der Waals surface area (Å²) in [6.07, 6.45) is 2.08. The minimum absolute atomic E-state index is 0.0233. The minimum Gasteiger partial charge on any atom is -0.386 e. The Morgan fingerprint density at radius 2 is 2.20 bits per heavy atom. The fraction of sp³-hybridized carbons (Fsp3) is 0.909. The van der Waals surface area contributed by atoms with Gasteiger partial charge in [0.05, 0.1) is 24.7 Å². The molecule has 0 bridgehead atoms. The fourth-order valence-electron chi connectivity index (χ4n) is 2.45. The Balaban J connectivity index is 1.86. The molecule has 0 aromatic rings. The number of aliphatic hydroxyl groups is 1. The molecule has 0 saturated carbocycles. The lowest BCUT2D eigenvalue weighted by Gasteiger charge is -2.46. The molecule has 0 aliphatic carbocycles. The summed E-state index contributed by atoms with van der Waals surface area (Å²) >= 11 is 0. The third-order valence-electron chi connectivity index (χ3n) is 3.34. The van der Waals surface area contributed by atoms with E-state index in [0.29, 0.717) is 19.0 Å². The topological polar surface area (TPSA) is 52.6 Å². The van der Waals surface area contributed by atoms with Crippen molar-refractivity contribution in [2.24, 2.45) is 5.92 Å². The van der Waals surface area contributed by atoms with Crippen molar-refractivity contribution in [2.45, 2.75) is 38.3 Å². The molecule has 2 N–H and O–H groups in total. The van der Waals surface area contributed by atoms with Crippen molar-refractivity contribution in [3.63, 3.8) is 0 Å². The molecule has 4 nitrogen and oxygen atoms in total.